The van der Waals surface area contributed by atoms with Gasteiger partial charge in [0.2, 0.25) is 5.88 Å². The number of hydrogen-bond donors (Lipinski definition) is 1. The number of aliphatic hydroxyl groups excluding tert-OH is 1. The van der Waals surface area contributed by atoms with E-state index in [1.165, 1.54) is 19.3 Å². The first-order chi connectivity index (χ1) is 7.36. The van der Waals surface area contributed by atoms with Crippen LogP contribution >= 0.6 is 0 Å². The molecule has 1 heterocycles. The van der Waals surface area contributed by atoms with Gasteiger partial charge < -0.3 is 9.84 Å². The van der Waals surface area contributed by atoms with Gasteiger partial charge in [-0.2, -0.15) is 0 Å². The van der Waals surface area contributed by atoms with E-state index in [4.69, 9.17) is 9.84 Å². The number of nitrogens with zero attached hydrogens (tertiary/aromatic N) is 1. The lowest BCUT2D eigenvalue weighted by atomic mass is 10.2. The zero-order valence-corrected chi connectivity index (χ0v) is 9.28. The summed E-state index contributed by atoms with van der Waals surface area (Å²) in [5.41, 5.74) is 0.654. The van der Waals surface area contributed by atoms with E-state index in [1.54, 1.807) is 6.07 Å². The van der Waals surface area contributed by atoms with Gasteiger partial charge in [0.1, 0.15) is 0 Å². The van der Waals surface area contributed by atoms with Crippen molar-refractivity contribution in [1.82, 2.24) is 4.98 Å². The number of pyridine rings is 1. The molecule has 84 valence electrons. The van der Waals surface area contributed by atoms with Crippen LogP contribution in [0.2, 0.25) is 0 Å². The van der Waals surface area contributed by atoms with Gasteiger partial charge in [0.25, 0.3) is 0 Å². The van der Waals surface area contributed by atoms with Crippen LogP contribution in [0.1, 0.15) is 38.3 Å². The fourth-order valence-electron chi connectivity index (χ4n) is 1.33. The quantitative estimate of drug-likeness (QED) is 0.702. The predicted octanol–water partition coefficient (Wildman–Crippen LogP) is 2.53. The summed E-state index contributed by atoms with van der Waals surface area (Å²) in [7, 11) is 0. The molecule has 1 rings (SSSR count). The Hall–Kier alpha value is -1.09. The summed E-state index contributed by atoms with van der Waals surface area (Å²) in [5, 5.41) is 8.89. The van der Waals surface area contributed by atoms with Gasteiger partial charge in [0.15, 0.2) is 0 Å². The third-order valence-corrected chi connectivity index (χ3v) is 2.19. The summed E-state index contributed by atoms with van der Waals surface area (Å²) in [5.74, 6) is 0.609. The van der Waals surface area contributed by atoms with Crippen molar-refractivity contribution in [2.75, 3.05) is 6.61 Å². The van der Waals surface area contributed by atoms with Crippen LogP contribution in [0.4, 0.5) is 0 Å². The van der Waals surface area contributed by atoms with E-state index < -0.39 is 0 Å². The summed E-state index contributed by atoms with van der Waals surface area (Å²) in [6, 6.07) is 5.45. The fraction of sp³-hybridized carbons (Fsp3) is 0.583. The molecule has 0 fully saturated rings. The molecular formula is C12H19NO2. The predicted molar refractivity (Wildman–Crippen MR) is 59.8 cm³/mol. The molecule has 0 saturated heterocycles. The summed E-state index contributed by atoms with van der Waals surface area (Å²) >= 11 is 0. The molecule has 0 atom stereocenters. The molecule has 3 nitrogen and oxygen atoms in total. The highest BCUT2D eigenvalue weighted by molar-refractivity contribution is 5.15. The van der Waals surface area contributed by atoms with Gasteiger partial charge in [-0.25, -0.2) is 4.98 Å². The standard InChI is InChI=1S/C12H19NO2/c1-2-3-4-5-9-15-12-8-6-7-11(10-14)13-12/h6-8,14H,2-5,9-10H2,1H3. The van der Waals surface area contributed by atoms with Crippen molar-refractivity contribution in [3.63, 3.8) is 0 Å². The molecule has 0 aliphatic heterocycles. The Balaban J connectivity index is 2.24. The van der Waals surface area contributed by atoms with E-state index in [1.807, 2.05) is 12.1 Å². The van der Waals surface area contributed by atoms with Crippen LogP contribution in [0, 0.1) is 0 Å². The van der Waals surface area contributed by atoms with Crippen molar-refractivity contribution in [3.05, 3.63) is 23.9 Å². The lowest BCUT2D eigenvalue weighted by Crippen LogP contribution is -2.00. The number of ether oxygens (including phenoxy) is 1. The average molecular weight is 209 g/mol. The largest absolute Gasteiger partial charge is 0.478 e. The highest BCUT2D eigenvalue weighted by Crippen LogP contribution is 2.08. The van der Waals surface area contributed by atoms with Crippen LogP contribution < -0.4 is 4.74 Å². The molecule has 1 N–H and O–H groups in total. The SMILES string of the molecule is CCCCCCOc1cccc(CO)n1. The molecule has 15 heavy (non-hydrogen) atoms. The van der Waals surface area contributed by atoms with Gasteiger partial charge >= 0.3 is 0 Å². The first-order valence-electron chi connectivity index (χ1n) is 5.56. The van der Waals surface area contributed by atoms with E-state index in [9.17, 15) is 0 Å². The van der Waals surface area contributed by atoms with Crippen molar-refractivity contribution in [2.45, 2.75) is 39.2 Å². The Bertz CT molecular complexity index is 276. The van der Waals surface area contributed by atoms with Crippen molar-refractivity contribution >= 4 is 0 Å². The third-order valence-electron chi connectivity index (χ3n) is 2.19. The van der Waals surface area contributed by atoms with Crippen LogP contribution in [0.3, 0.4) is 0 Å². The summed E-state index contributed by atoms with van der Waals surface area (Å²) in [6.07, 6.45) is 4.76. The first-order valence-corrected chi connectivity index (χ1v) is 5.56. The molecule has 0 spiro atoms. The lowest BCUT2D eigenvalue weighted by molar-refractivity contribution is 0.266. The maximum Gasteiger partial charge on any atom is 0.213 e. The fourth-order valence-corrected chi connectivity index (χ4v) is 1.33. The first kappa shape index (κ1) is 12.0. The summed E-state index contributed by atoms with van der Waals surface area (Å²) in [4.78, 5) is 4.14. The smallest absolute Gasteiger partial charge is 0.213 e. The molecular weight excluding hydrogens is 190 g/mol. The van der Waals surface area contributed by atoms with Crippen molar-refractivity contribution in [1.29, 1.82) is 0 Å². The van der Waals surface area contributed by atoms with Crippen molar-refractivity contribution in [2.24, 2.45) is 0 Å². The highest BCUT2D eigenvalue weighted by atomic mass is 16.5. The number of hydrogen-bond acceptors (Lipinski definition) is 3. The van der Waals surface area contributed by atoms with Gasteiger partial charge in [0.05, 0.1) is 18.9 Å². The van der Waals surface area contributed by atoms with Crippen molar-refractivity contribution < 1.29 is 9.84 Å². The molecule has 0 unspecified atom stereocenters. The molecule has 0 aliphatic rings. The van der Waals surface area contributed by atoms with E-state index in [-0.39, 0.29) is 6.61 Å². The van der Waals surface area contributed by atoms with Crippen LogP contribution in [-0.4, -0.2) is 16.7 Å². The minimum Gasteiger partial charge on any atom is -0.478 e. The van der Waals surface area contributed by atoms with Gasteiger partial charge in [-0.1, -0.05) is 32.3 Å². The Morgan fingerprint density at radius 2 is 2.13 bits per heavy atom. The van der Waals surface area contributed by atoms with E-state index in [2.05, 4.69) is 11.9 Å². The Labute approximate surface area is 91.1 Å². The summed E-state index contributed by atoms with van der Waals surface area (Å²) < 4.78 is 5.47. The molecule has 0 aliphatic carbocycles. The molecule has 3 heteroatoms. The zero-order chi connectivity index (χ0) is 10.9. The van der Waals surface area contributed by atoms with Crippen LogP contribution in [0.15, 0.2) is 18.2 Å². The second-order valence-corrected chi connectivity index (χ2v) is 3.53. The molecule has 0 amide bonds. The van der Waals surface area contributed by atoms with Gasteiger partial charge in [-0.3, -0.25) is 0 Å². The Kier molecular flexibility index (Phi) is 5.78. The molecule has 0 aromatic carbocycles. The zero-order valence-electron chi connectivity index (χ0n) is 9.28. The molecule has 1 aromatic rings. The number of aromatic nitrogens is 1. The maximum atomic E-state index is 8.89. The Morgan fingerprint density at radius 1 is 1.27 bits per heavy atom. The van der Waals surface area contributed by atoms with E-state index in [0.717, 1.165) is 6.42 Å². The highest BCUT2D eigenvalue weighted by Gasteiger charge is 1.97. The van der Waals surface area contributed by atoms with Crippen LogP contribution in [0.25, 0.3) is 0 Å². The van der Waals surface area contributed by atoms with E-state index in [0.29, 0.717) is 18.2 Å². The lowest BCUT2D eigenvalue weighted by Gasteiger charge is -2.05. The monoisotopic (exact) mass is 209 g/mol. The average Bonchev–Trinajstić information content (AvgIpc) is 2.29. The molecule has 0 radical (unpaired) electrons. The van der Waals surface area contributed by atoms with E-state index >= 15 is 0 Å². The second kappa shape index (κ2) is 7.23. The van der Waals surface area contributed by atoms with Crippen LogP contribution in [-0.2, 0) is 6.61 Å². The normalized spacial score (nSPS) is 10.3. The van der Waals surface area contributed by atoms with Gasteiger partial charge in [0, 0.05) is 6.07 Å². The molecule has 1 aromatic heterocycles. The maximum absolute atomic E-state index is 8.89. The van der Waals surface area contributed by atoms with Crippen molar-refractivity contribution in [3.8, 4) is 5.88 Å². The molecule has 0 saturated carbocycles. The minimum atomic E-state index is -0.0347. The van der Waals surface area contributed by atoms with Gasteiger partial charge in [-0.05, 0) is 12.5 Å². The van der Waals surface area contributed by atoms with Gasteiger partial charge in [-0.15, -0.1) is 0 Å². The topological polar surface area (TPSA) is 42.4 Å². The summed E-state index contributed by atoms with van der Waals surface area (Å²) in [6.45, 7) is 2.86. The minimum absolute atomic E-state index is 0.0347. The second-order valence-electron chi connectivity index (χ2n) is 3.53. The number of rotatable bonds is 7. The van der Waals surface area contributed by atoms with Crippen LogP contribution in [0.5, 0.6) is 5.88 Å². The number of unbranched alkanes of at least 4 members (excludes halogenated alkanes) is 3. The third kappa shape index (κ3) is 4.79. The molecule has 0 bridgehead atoms. The number of aliphatic hydroxyl groups is 1. The Morgan fingerprint density at radius 3 is 2.87 bits per heavy atom.